The van der Waals surface area contributed by atoms with Crippen molar-refractivity contribution in [3.63, 3.8) is 0 Å². The summed E-state index contributed by atoms with van der Waals surface area (Å²) in [5, 5.41) is 16.5. The van der Waals surface area contributed by atoms with Crippen LogP contribution in [0.1, 0.15) is 62.2 Å². The molecule has 9 nitrogen and oxygen atoms in total. The van der Waals surface area contributed by atoms with Crippen molar-refractivity contribution >= 4 is 23.7 Å². The molecule has 1 fully saturated rings. The highest BCUT2D eigenvalue weighted by Gasteiger charge is 2.38. The molecule has 35 heavy (non-hydrogen) atoms. The van der Waals surface area contributed by atoms with Crippen molar-refractivity contribution in [1.82, 2.24) is 20.5 Å². The Labute approximate surface area is 202 Å². The Morgan fingerprint density at radius 2 is 1.71 bits per heavy atom. The molecule has 0 radical (unpaired) electrons. The molecule has 12 heteroatoms. The molecule has 1 aromatic rings. The van der Waals surface area contributed by atoms with Crippen LogP contribution in [0.15, 0.2) is 6.07 Å². The summed E-state index contributed by atoms with van der Waals surface area (Å²) in [6.45, 7) is 10.00. The summed E-state index contributed by atoms with van der Waals surface area (Å²) in [6.07, 6.45) is -1.28. The molecule has 0 bridgehead atoms. The minimum atomic E-state index is -5.08. The Morgan fingerprint density at radius 3 is 2.23 bits per heavy atom. The second-order valence-electron chi connectivity index (χ2n) is 9.34. The minimum absolute atomic E-state index is 0.0364. The van der Waals surface area contributed by atoms with Crippen LogP contribution in [0.3, 0.4) is 0 Å². The molecular formula is C23H34F3N5O4. The number of nitrogens with zero attached hydrogens (tertiary/aromatic N) is 2. The first kappa shape index (κ1) is 28.2. The molecule has 0 saturated heterocycles. The lowest BCUT2D eigenvalue weighted by atomic mass is 10.0. The van der Waals surface area contributed by atoms with E-state index >= 15 is 0 Å². The standard InChI is InChI=1S/C21H33N5O2.C2HF3O2/c1-13(2)23-19-17(20(27)22-12-15-5-6-15)11-16-7-9-26(10-8-18(16)25-19)21(28)24-14(3)4;3-2(4,5)1(6)7/h11,13-15H,5-10,12H2,1-4H3,(H,22,27)(H,23,25)(H,24,28);(H,6,7). The molecule has 196 valence electrons. The normalized spacial score (nSPS) is 15.5. The average molecular weight is 502 g/mol. The van der Waals surface area contributed by atoms with Crippen molar-refractivity contribution in [3.05, 3.63) is 22.9 Å². The molecular weight excluding hydrogens is 467 g/mol. The number of hydrogen-bond donors (Lipinski definition) is 4. The molecule has 0 unspecified atom stereocenters. The van der Waals surface area contributed by atoms with E-state index in [1.165, 1.54) is 12.8 Å². The van der Waals surface area contributed by atoms with Gasteiger partial charge in [-0.05, 0) is 64.5 Å². The van der Waals surface area contributed by atoms with Crippen LogP contribution in [-0.4, -0.2) is 70.8 Å². The highest BCUT2D eigenvalue weighted by molar-refractivity contribution is 5.99. The molecule has 0 aromatic carbocycles. The van der Waals surface area contributed by atoms with Gasteiger partial charge < -0.3 is 26.0 Å². The van der Waals surface area contributed by atoms with Crippen LogP contribution in [-0.2, 0) is 17.6 Å². The topological polar surface area (TPSA) is 124 Å². The minimum Gasteiger partial charge on any atom is -0.475 e. The van der Waals surface area contributed by atoms with Gasteiger partial charge >= 0.3 is 18.2 Å². The first-order valence-electron chi connectivity index (χ1n) is 11.7. The van der Waals surface area contributed by atoms with Gasteiger partial charge in [0.2, 0.25) is 0 Å². The van der Waals surface area contributed by atoms with E-state index in [-0.39, 0.29) is 24.0 Å². The number of carbonyl (C=O) groups is 3. The van der Waals surface area contributed by atoms with E-state index in [0.29, 0.717) is 43.2 Å². The molecule has 2 aliphatic rings. The lowest BCUT2D eigenvalue weighted by molar-refractivity contribution is -0.192. The smallest absolute Gasteiger partial charge is 0.475 e. The number of aliphatic carboxylic acids is 1. The van der Waals surface area contributed by atoms with Gasteiger partial charge in [0, 0.05) is 43.8 Å². The van der Waals surface area contributed by atoms with E-state index < -0.39 is 12.1 Å². The number of rotatable bonds is 6. The van der Waals surface area contributed by atoms with Gasteiger partial charge in [-0.3, -0.25) is 4.79 Å². The Balaban J connectivity index is 0.000000540. The molecule has 0 atom stereocenters. The van der Waals surface area contributed by atoms with Crippen LogP contribution in [0.25, 0.3) is 0 Å². The van der Waals surface area contributed by atoms with E-state index in [2.05, 4.69) is 16.0 Å². The molecule has 2 heterocycles. The Morgan fingerprint density at radius 1 is 1.11 bits per heavy atom. The molecule has 1 aromatic heterocycles. The fraction of sp³-hybridized carbons (Fsp3) is 0.652. The van der Waals surface area contributed by atoms with E-state index in [9.17, 15) is 22.8 Å². The number of hydrogen-bond acceptors (Lipinski definition) is 5. The number of halogens is 3. The summed E-state index contributed by atoms with van der Waals surface area (Å²) in [5.74, 6) is -1.55. The molecule has 4 N–H and O–H groups in total. The van der Waals surface area contributed by atoms with Crippen molar-refractivity contribution in [3.8, 4) is 0 Å². The van der Waals surface area contributed by atoms with Crippen LogP contribution >= 0.6 is 0 Å². The molecule has 0 spiro atoms. The van der Waals surface area contributed by atoms with Gasteiger partial charge in [0.15, 0.2) is 0 Å². The van der Waals surface area contributed by atoms with Gasteiger partial charge in [-0.15, -0.1) is 0 Å². The molecule has 3 amide bonds. The monoisotopic (exact) mass is 501 g/mol. The fourth-order valence-electron chi connectivity index (χ4n) is 3.39. The zero-order chi connectivity index (χ0) is 26.3. The second-order valence-corrected chi connectivity index (χ2v) is 9.34. The second kappa shape index (κ2) is 12.1. The number of nitrogens with one attached hydrogen (secondary N) is 3. The Kier molecular flexibility index (Phi) is 9.73. The van der Waals surface area contributed by atoms with Crippen molar-refractivity contribution < 1.29 is 32.7 Å². The number of alkyl halides is 3. The van der Waals surface area contributed by atoms with Gasteiger partial charge in [-0.25, -0.2) is 14.6 Å². The number of pyridine rings is 1. The summed E-state index contributed by atoms with van der Waals surface area (Å²) in [4.78, 5) is 40.7. The predicted molar refractivity (Wildman–Crippen MR) is 124 cm³/mol. The van der Waals surface area contributed by atoms with E-state index in [4.69, 9.17) is 14.9 Å². The van der Waals surface area contributed by atoms with E-state index in [1.807, 2.05) is 38.7 Å². The van der Waals surface area contributed by atoms with Crippen LogP contribution in [0.5, 0.6) is 0 Å². The number of amides is 3. The quantitative estimate of drug-likeness (QED) is 0.475. The largest absolute Gasteiger partial charge is 0.490 e. The lowest BCUT2D eigenvalue weighted by Crippen LogP contribution is -2.44. The maximum atomic E-state index is 12.8. The Bertz CT molecular complexity index is 917. The molecule has 3 rings (SSSR count). The first-order valence-corrected chi connectivity index (χ1v) is 11.7. The van der Waals surface area contributed by atoms with Gasteiger partial charge in [0.1, 0.15) is 5.82 Å². The number of anilines is 1. The van der Waals surface area contributed by atoms with Crippen LogP contribution in [0, 0.1) is 5.92 Å². The molecule has 1 aliphatic heterocycles. The van der Waals surface area contributed by atoms with Crippen molar-refractivity contribution in [2.24, 2.45) is 5.92 Å². The van der Waals surface area contributed by atoms with Crippen molar-refractivity contribution in [2.45, 2.75) is 71.6 Å². The van der Waals surface area contributed by atoms with Gasteiger partial charge in [0.25, 0.3) is 5.91 Å². The summed E-state index contributed by atoms with van der Waals surface area (Å²) >= 11 is 0. The van der Waals surface area contributed by atoms with Gasteiger partial charge in [-0.2, -0.15) is 13.2 Å². The summed E-state index contributed by atoms with van der Waals surface area (Å²) in [6, 6.07) is 2.23. The molecule has 1 aliphatic carbocycles. The fourth-order valence-corrected chi connectivity index (χ4v) is 3.39. The van der Waals surface area contributed by atoms with Crippen molar-refractivity contribution in [1.29, 1.82) is 0 Å². The summed E-state index contributed by atoms with van der Waals surface area (Å²) in [5.41, 5.74) is 2.64. The summed E-state index contributed by atoms with van der Waals surface area (Å²) in [7, 11) is 0. The number of aromatic nitrogens is 1. The zero-order valence-electron chi connectivity index (χ0n) is 20.5. The SMILES string of the molecule is CC(C)NC(=O)N1CCc2cc(C(=O)NCC3CC3)c(NC(C)C)nc2CC1.O=C(O)C(F)(F)F. The van der Waals surface area contributed by atoms with E-state index in [0.717, 1.165) is 17.8 Å². The zero-order valence-corrected chi connectivity index (χ0v) is 20.5. The maximum Gasteiger partial charge on any atom is 0.490 e. The number of carboxylic acid groups (broad SMARTS) is 1. The number of carboxylic acids is 1. The first-order chi connectivity index (χ1) is 16.3. The summed E-state index contributed by atoms with van der Waals surface area (Å²) < 4.78 is 31.7. The third-order valence-corrected chi connectivity index (χ3v) is 5.32. The number of urea groups is 1. The van der Waals surface area contributed by atoms with Crippen LogP contribution < -0.4 is 16.0 Å². The lowest BCUT2D eigenvalue weighted by Gasteiger charge is -2.22. The third kappa shape index (κ3) is 9.25. The average Bonchev–Trinajstić information content (AvgIpc) is 3.57. The number of carbonyl (C=O) groups excluding carboxylic acids is 2. The van der Waals surface area contributed by atoms with Gasteiger partial charge in [0.05, 0.1) is 5.56 Å². The van der Waals surface area contributed by atoms with E-state index in [1.54, 1.807) is 0 Å². The molecule has 1 saturated carbocycles. The maximum absolute atomic E-state index is 12.8. The Hall–Kier alpha value is -3.05. The van der Waals surface area contributed by atoms with Crippen molar-refractivity contribution in [2.75, 3.05) is 25.0 Å². The highest BCUT2D eigenvalue weighted by atomic mass is 19.4. The predicted octanol–water partition coefficient (Wildman–Crippen LogP) is 3.19. The number of fused-ring (bicyclic) bond motifs is 1. The van der Waals surface area contributed by atoms with Gasteiger partial charge in [-0.1, -0.05) is 0 Å². The third-order valence-electron chi connectivity index (χ3n) is 5.32. The highest BCUT2D eigenvalue weighted by Crippen LogP contribution is 2.28. The van der Waals surface area contributed by atoms with Crippen LogP contribution in [0.2, 0.25) is 0 Å². The van der Waals surface area contributed by atoms with Crippen LogP contribution in [0.4, 0.5) is 23.8 Å².